The Labute approximate surface area is 100 Å². The van der Waals surface area contributed by atoms with E-state index in [0.29, 0.717) is 43.9 Å². The number of nitrogens with zero attached hydrogens (tertiary/aromatic N) is 1. The summed E-state index contributed by atoms with van der Waals surface area (Å²) in [6.07, 6.45) is 4.39. The number of carbonyl (C=O) groups is 1. The third kappa shape index (κ3) is 2.16. The van der Waals surface area contributed by atoms with Gasteiger partial charge in [0.2, 0.25) is 0 Å². The van der Waals surface area contributed by atoms with Crippen LogP contribution in [0.25, 0.3) is 0 Å². The second kappa shape index (κ2) is 4.81. The SMILES string of the molecule is NCC1(C(=O)c2cnccc2N)CCOCC1. The van der Waals surface area contributed by atoms with E-state index in [9.17, 15) is 4.79 Å². The maximum Gasteiger partial charge on any atom is 0.174 e. The molecule has 4 N–H and O–H groups in total. The lowest BCUT2D eigenvalue weighted by molar-refractivity contribution is 0.0200. The zero-order chi connectivity index (χ0) is 12.3. The molecule has 92 valence electrons. The van der Waals surface area contributed by atoms with Crippen molar-refractivity contribution in [2.24, 2.45) is 11.1 Å². The largest absolute Gasteiger partial charge is 0.398 e. The van der Waals surface area contributed by atoms with Gasteiger partial charge in [-0.1, -0.05) is 0 Å². The van der Waals surface area contributed by atoms with E-state index in [4.69, 9.17) is 16.2 Å². The molecule has 2 rings (SSSR count). The summed E-state index contributed by atoms with van der Waals surface area (Å²) in [7, 11) is 0. The van der Waals surface area contributed by atoms with Gasteiger partial charge in [-0.25, -0.2) is 0 Å². The van der Waals surface area contributed by atoms with Crippen LogP contribution in [0.3, 0.4) is 0 Å². The molecule has 17 heavy (non-hydrogen) atoms. The van der Waals surface area contributed by atoms with Crippen molar-refractivity contribution in [3.8, 4) is 0 Å². The second-order valence-electron chi connectivity index (χ2n) is 4.39. The number of hydrogen-bond donors (Lipinski definition) is 2. The average molecular weight is 235 g/mol. The monoisotopic (exact) mass is 235 g/mol. The molecule has 0 atom stereocenters. The van der Waals surface area contributed by atoms with Crippen molar-refractivity contribution >= 4 is 11.5 Å². The Morgan fingerprint density at radius 3 is 2.76 bits per heavy atom. The smallest absolute Gasteiger partial charge is 0.174 e. The molecule has 0 saturated carbocycles. The molecule has 1 fully saturated rings. The fourth-order valence-corrected chi connectivity index (χ4v) is 2.17. The van der Waals surface area contributed by atoms with Gasteiger partial charge in [-0.3, -0.25) is 9.78 Å². The summed E-state index contributed by atoms with van der Waals surface area (Å²) in [5, 5.41) is 0. The number of anilines is 1. The van der Waals surface area contributed by atoms with Crippen LogP contribution in [0.1, 0.15) is 23.2 Å². The van der Waals surface area contributed by atoms with Crippen LogP contribution in [0.2, 0.25) is 0 Å². The molecule has 0 bridgehead atoms. The molecule has 1 aromatic rings. The summed E-state index contributed by atoms with van der Waals surface area (Å²) >= 11 is 0. The van der Waals surface area contributed by atoms with Gasteiger partial charge in [0.25, 0.3) is 0 Å². The highest BCUT2D eigenvalue weighted by Gasteiger charge is 2.39. The number of nitrogens with two attached hydrogens (primary N) is 2. The van der Waals surface area contributed by atoms with Crippen LogP contribution >= 0.6 is 0 Å². The Kier molecular flexibility index (Phi) is 3.40. The third-order valence-corrected chi connectivity index (χ3v) is 3.42. The van der Waals surface area contributed by atoms with E-state index < -0.39 is 5.41 Å². The van der Waals surface area contributed by atoms with Crippen molar-refractivity contribution in [3.63, 3.8) is 0 Å². The quantitative estimate of drug-likeness (QED) is 0.749. The molecule has 1 aliphatic rings. The molecule has 2 heterocycles. The highest BCUT2D eigenvalue weighted by atomic mass is 16.5. The fraction of sp³-hybridized carbons (Fsp3) is 0.500. The first-order chi connectivity index (χ1) is 8.19. The van der Waals surface area contributed by atoms with Crippen molar-refractivity contribution in [2.45, 2.75) is 12.8 Å². The van der Waals surface area contributed by atoms with Crippen molar-refractivity contribution < 1.29 is 9.53 Å². The van der Waals surface area contributed by atoms with Gasteiger partial charge in [0, 0.05) is 37.8 Å². The number of rotatable bonds is 3. The lowest BCUT2D eigenvalue weighted by Gasteiger charge is -2.34. The van der Waals surface area contributed by atoms with Crippen molar-refractivity contribution in [1.82, 2.24) is 4.98 Å². The first-order valence-electron chi connectivity index (χ1n) is 5.72. The Hall–Kier alpha value is -1.46. The normalized spacial score (nSPS) is 18.9. The molecule has 1 aromatic heterocycles. The standard InChI is InChI=1S/C12H17N3O2/c13-8-12(2-5-17-6-3-12)11(16)9-7-15-4-1-10(9)14/h1,4,7H,2-3,5-6,8,13H2,(H2,14,15). The molecular weight excluding hydrogens is 218 g/mol. The first kappa shape index (κ1) is 12.0. The van der Waals surface area contributed by atoms with Crippen molar-refractivity contribution in [2.75, 3.05) is 25.5 Å². The molecule has 0 unspecified atom stereocenters. The number of nitrogen functional groups attached to an aromatic ring is 1. The van der Waals surface area contributed by atoms with E-state index in [-0.39, 0.29) is 5.78 Å². The minimum Gasteiger partial charge on any atom is -0.398 e. The molecule has 0 aliphatic carbocycles. The molecule has 1 aliphatic heterocycles. The maximum absolute atomic E-state index is 12.5. The summed E-state index contributed by atoms with van der Waals surface area (Å²) in [6, 6.07) is 1.64. The van der Waals surface area contributed by atoms with Gasteiger partial charge in [-0.05, 0) is 18.9 Å². The lowest BCUT2D eigenvalue weighted by Crippen LogP contribution is -2.43. The number of aromatic nitrogens is 1. The van der Waals surface area contributed by atoms with Gasteiger partial charge in [0.1, 0.15) is 0 Å². The molecule has 5 nitrogen and oxygen atoms in total. The summed E-state index contributed by atoms with van der Waals surface area (Å²) in [5.74, 6) is -0.00565. The highest BCUT2D eigenvalue weighted by Crippen LogP contribution is 2.34. The minimum absolute atomic E-state index is 0.00565. The number of hydrogen-bond acceptors (Lipinski definition) is 5. The third-order valence-electron chi connectivity index (χ3n) is 3.42. The van der Waals surface area contributed by atoms with Crippen LogP contribution in [0.5, 0.6) is 0 Å². The van der Waals surface area contributed by atoms with Crippen molar-refractivity contribution in [3.05, 3.63) is 24.0 Å². The summed E-state index contributed by atoms with van der Waals surface area (Å²) in [6.45, 7) is 1.47. The van der Waals surface area contributed by atoms with E-state index in [1.165, 1.54) is 6.20 Å². The van der Waals surface area contributed by atoms with Crippen LogP contribution < -0.4 is 11.5 Å². The molecule has 0 aromatic carbocycles. The lowest BCUT2D eigenvalue weighted by atomic mass is 9.74. The zero-order valence-electron chi connectivity index (χ0n) is 9.69. The van der Waals surface area contributed by atoms with Gasteiger partial charge in [0.05, 0.1) is 11.0 Å². The van der Waals surface area contributed by atoms with Gasteiger partial charge in [-0.2, -0.15) is 0 Å². The van der Waals surface area contributed by atoms with E-state index >= 15 is 0 Å². The summed E-state index contributed by atoms with van der Waals surface area (Å²) in [5.41, 5.74) is 12.0. The van der Waals surface area contributed by atoms with Gasteiger partial charge in [-0.15, -0.1) is 0 Å². The minimum atomic E-state index is -0.532. The van der Waals surface area contributed by atoms with E-state index in [0.717, 1.165) is 0 Å². The van der Waals surface area contributed by atoms with Gasteiger partial charge in [0.15, 0.2) is 5.78 Å². The van der Waals surface area contributed by atoms with Gasteiger partial charge < -0.3 is 16.2 Å². The predicted octanol–water partition coefficient (Wildman–Crippen LogP) is 0.602. The van der Waals surface area contributed by atoms with Crippen LogP contribution in [0.4, 0.5) is 5.69 Å². The number of ketones is 1. The van der Waals surface area contributed by atoms with Crippen molar-refractivity contribution in [1.29, 1.82) is 0 Å². The van der Waals surface area contributed by atoms with Crippen LogP contribution in [-0.2, 0) is 4.74 Å². The van der Waals surface area contributed by atoms with E-state index in [1.54, 1.807) is 12.3 Å². The zero-order valence-corrected chi connectivity index (χ0v) is 9.69. The van der Waals surface area contributed by atoms with E-state index in [1.807, 2.05) is 0 Å². The Morgan fingerprint density at radius 1 is 1.47 bits per heavy atom. The topological polar surface area (TPSA) is 91.2 Å². The number of Topliss-reactive ketones (excluding diaryl/α,β-unsaturated/α-hetero) is 1. The Morgan fingerprint density at radius 2 is 2.18 bits per heavy atom. The molecule has 1 saturated heterocycles. The number of ether oxygens (including phenoxy) is 1. The fourth-order valence-electron chi connectivity index (χ4n) is 2.17. The maximum atomic E-state index is 12.5. The number of pyridine rings is 1. The molecule has 0 amide bonds. The van der Waals surface area contributed by atoms with Crippen LogP contribution in [0.15, 0.2) is 18.5 Å². The van der Waals surface area contributed by atoms with Gasteiger partial charge >= 0.3 is 0 Å². The van der Waals surface area contributed by atoms with E-state index in [2.05, 4.69) is 4.98 Å². The molecule has 0 radical (unpaired) electrons. The Bertz CT molecular complexity index is 414. The van der Waals surface area contributed by atoms with Crippen LogP contribution in [-0.4, -0.2) is 30.5 Å². The average Bonchev–Trinajstić information content (AvgIpc) is 2.39. The first-order valence-corrected chi connectivity index (χ1v) is 5.72. The summed E-state index contributed by atoms with van der Waals surface area (Å²) < 4.78 is 5.29. The molecular formula is C12H17N3O2. The molecule has 0 spiro atoms. The Balaban J connectivity index is 2.32. The molecule has 5 heteroatoms. The number of carbonyl (C=O) groups excluding carboxylic acids is 1. The highest BCUT2D eigenvalue weighted by molar-refractivity contribution is 6.04. The van der Waals surface area contributed by atoms with Crippen LogP contribution in [0, 0.1) is 5.41 Å². The summed E-state index contributed by atoms with van der Waals surface area (Å²) in [4.78, 5) is 16.5. The predicted molar refractivity (Wildman–Crippen MR) is 64.5 cm³/mol. The second-order valence-corrected chi connectivity index (χ2v) is 4.39.